The predicted octanol–water partition coefficient (Wildman–Crippen LogP) is 1.90. The Kier molecular flexibility index (Phi) is 5.04. The van der Waals surface area contributed by atoms with E-state index in [-0.39, 0.29) is 5.78 Å². The van der Waals surface area contributed by atoms with E-state index in [2.05, 4.69) is 11.9 Å². The molecule has 4 nitrogen and oxygen atoms in total. The summed E-state index contributed by atoms with van der Waals surface area (Å²) in [6, 6.07) is 0. The van der Waals surface area contributed by atoms with Gasteiger partial charge in [-0.05, 0) is 12.8 Å². The molecule has 0 aliphatic heterocycles. The zero-order chi connectivity index (χ0) is 11.1. The molecule has 0 unspecified atom stereocenters. The molecule has 1 aromatic rings. The van der Waals surface area contributed by atoms with Crippen LogP contribution >= 0.6 is 0 Å². The maximum atomic E-state index is 11.7. The molecule has 0 aromatic carbocycles. The number of carbonyl (C=O) groups excluding carboxylic acids is 1. The fourth-order valence-electron chi connectivity index (χ4n) is 1.47. The molecule has 0 aliphatic rings. The molecule has 1 aromatic heterocycles. The van der Waals surface area contributed by atoms with E-state index in [0.717, 1.165) is 19.4 Å². The van der Waals surface area contributed by atoms with Crippen LogP contribution < -0.4 is 0 Å². The summed E-state index contributed by atoms with van der Waals surface area (Å²) >= 11 is 0. The van der Waals surface area contributed by atoms with Crippen LogP contribution in [0.1, 0.15) is 36.8 Å². The van der Waals surface area contributed by atoms with Gasteiger partial charge in [0.1, 0.15) is 0 Å². The minimum Gasteiger partial charge on any atom is -0.385 e. The van der Waals surface area contributed by atoms with E-state index in [1.807, 2.05) is 10.8 Å². The Labute approximate surface area is 90.3 Å². The number of aryl methyl sites for hydroxylation is 1. The molecule has 4 heteroatoms. The molecule has 0 saturated heterocycles. The third-order valence-electron chi connectivity index (χ3n) is 2.18. The number of aromatic nitrogens is 2. The number of Topliss-reactive ketones (excluding diaryl/α,β-unsaturated/α-hetero) is 1. The molecule has 1 heterocycles. The summed E-state index contributed by atoms with van der Waals surface area (Å²) in [5.41, 5.74) is 0. The lowest BCUT2D eigenvalue weighted by Gasteiger charge is -2.04. The van der Waals surface area contributed by atoms with Crippen molar-refractivity contribution in [2.75, 3.05) is 13.7 Å². The summed E-state index contributed by atoms with van der Waals surface area (Å²) in [5.74, 6) is 0.679. The Morgan fingerprint density at radius 3 is 3.07 bits per heavy atom. The highest BCUT2D eigenvalue weighted by atomic mass is 16.5. The molecule has 84 valence electrons. The number of ether oxygens (including phenoxy) is 1. The molecule has 15 heavy (non-hydrogen) atoms. The van der Waals surface area contributed by atoms with Crippen molar-refractivity contribution >= 4 is 5.78 Å². The van der Waals surface area contributed by atoms with Crippen LogP contribution in [0.25, 0.3) is 0 Å². The number of hydrogen-bond donors (Lipinski definition) is 0. The van der Waals surface area contributed by atoms with Crippen molar-refractivity contribution in [2.24, 2.45) is 0 Å². The first kappa shape index (κ1) is 11.9. The number of methoxy groups -OCH3 is 1. The molecule has 1 rings (SSSR count). The summed E-state index contributed by atoms with van der Waals surface area (Å²) < 4.78 is 6.82. The molecule has 0 N–H and O–H groups in total. The Morgan fingerprint density at radius 1 is 1.60 bits per heavy atom. The van der Waals surface area contributed by atoms with E-state index in [0.29, 0.717) is 18.9 Å². The van der Waals surface area contributed by atoms with Gasteiger partial charge in [-0.1, -0.05) is 6.92 Å². The second-order valence-corrected chi connectivity index (χ2v) is 3.46. The Balaban J connectivity index is 2.53. The van der Waals surface area contributed by atoms with E-state index in [4.69, 9.17) is 4.74 Å². The minimum absolute atomic E-state index is 0.102. The molecule has 0 bridgehead atoms. The van der Waals surface area contributed by atoms with Gasteiger partial charge in [0.2, 0.25) is 0 Å². The number of rotatable bonds is 7. The van der Waals surface area contributed by atoms with Crippen molar-refractivity contribution in [1.29, 1.82) is 0 Å². The van der Waals surface area contributed by atoms with E-state index in [9.17, 15) is 4.79 Å². The van der Waals surface area contributed by atoms with Crippen LogP contribution in [-0.4, -0.2) is 29.1 Å². The van der Waals surface area contributed by atoms with Gasteiger partial charge in [-0.2, -0.15) is 0 Å². The van der Waals surface area contributed by atoms with Crippen LogP contribution in [-0.2, 0) is 11.3 Å². The summed E-state index contributed by atoms with van der Waals surface area (Å²) in [7, 11) is 1.64. The Bertz CT molecular complexity index is 307. The van der Waals surface area contributed by atoms with Crippen molar-refractivity contribution in [2.45, 2.75) is 32.7 Å². The molecular weight excluding hydrogens is 192 g/mol. The van der Waals surface area contributed by atoms with Gasteiger partial charge in [-0.3, -0.25) is 4.79 Å². The maximum absolute atomic E-state index is 11.7. The predicted molar refractivity (Wildman–Crippen MR) is 58.0 cm³/mol. The van der Waals surface area contributed by atoms with Crippen LogP contribution in [0.5, 0.6) is 0 Å². The van der Waals surface area contributed by atoms with Crippen LogP contribution in [0.2, 0.25) is 0 Å². The van der Waals surface area contributed by atoms with Gasteiger partial charge < -0.3 is 9.30 Å². The second-order valence-electron chi connectivity index (χ2n) is 3.46. The Morgan fingerprint density at radius 2 is 2.40 bits per heavy atom. The van der Waals surface area contributed by atoms with Gasteiger partial charge in [-0.25, -0.2) is 4.98 Å². The first-order valence-corrected chi connectivity index (χ1v) is 5.32. The molecule has 0 fully saturated rings. The fraction of sp³-hybridized carbons (Fsp3) is 0.636. The summed E-state index contributed by atoms with van der Waals surface area (Å²) in [4.78, 5) is 15.8. The van der Waals surface area contributed by atoms with Gasteiger partial charge in [0, 0.05) is 39.1 Å². The molecule has 0 radical (unpaired) electrons. The van der Waals surface area contributed by atoms with Gasteiger partial charge >= 0.3 is 0 Å². The molecular formula is C11H18N2O2. The smallest absolute Gasteiger partial charge is 0.198 e. The maximum Gasteiger partial charge on any atom is 0.198 e. The topological polar surface area (TPSA) is 44.1 Å². The lowest BCUT2D eigenvalue weighted by atomic mass is 10.2. The number of hydrogen-bond acceptors (Lipinski definition) is 3. The van der Waals surface area contributed by atoms with Crippen LogP contribution in [0.15, 0.2) is 12.4 Å². The highest BCUT2D eigenvalue weighted by Gasteiger charge is 2.11. The van der Waals surface area contributed by atoms with Crippen molar-refractivity contribution in [3.63, 3.8) is 0 Å². The first-order chi connectivity index (χ1) is 7.29. The molecule has 0 saturated carbocycles. The van der Waals surface area contributed by atoms with Crippen molar-refractivity contribution in [3.8, 4) is 0 Å². The molecule has 0 amide bonds. The lowest BCUT2D eigenvalue weighted by Crippen LogP contribution is -2.10. The quantitative estimate of drug-likeness (QED) is 0.510. The number of imidazole rings is 1. The Hall–Kier alpha value is -1.16. The van der Waals surface area contributed by atoms with Gasteiger partial charge in [0.15, 0.2) is 11.6 Å². The van der Waals surface area contributed by atoms with Gasteiger partial charge in [0.05, 0.1) is 0 Å². The third kappa shape index (κ3) is 3.47. The van der Waals surface area contributed by atoms with Crippen molar-refractivity contribution < 1.29 is 9.53 Å². The van der Waals surface area contributed by atoms with E-state index >= 15 is 0 Å². The average molecular weight is 210 g/mol. The normalized spacial score (nSPS) is 10.5. The SMILES string of the molecule is CCCn1ccnc1C(=O)CCCOC. The first-order valence-electron chi connectivity index (χ1n) is 5.32. The molecule has 0 atom stereocenters. The van der Waals surface area contributed by atoms with Crippen molar-refractivity contribution in [3.05, 3.63) is 18.2 Å². The van der Waals surface area contributed by atoms with Crippen LogP contribution in [0, 0.1) is 0 Å². The minimum atomic E-state index is 0.102. The van der Waals surface area contributed by atoms with Crippen LogP contribution in [0.4, 0.5) is 0 Å². The highest BCUT2D eigenvalue weighted by Crippen LogP contribution is 2.05. The van der Waals surface area contributed by atoms with Gasteiger partial charge in [-0.15, -0.1) is 0 Å². The largest absolute Gasteiger partial charge is 0.385 e. The number of carbonyl (C=O) groups is 1. The van der Waals surface area contributed by atoms with E-state index < -0.39 is 0 Å². The average Bonchev–Trinajstić information content (AvgIpc) is 2.67. The number of nitrogens with zero attached hydrogens (tertiary/aromatic N) is 2. The second kappa shape index (κ2) is 6.35. The summed E-state index contributed by atoms with van der Waals surface area (Å²) in [6.07, 6.45) is 5.81. The van der Waals surface area contributed by atoms with E-state index in [1.54, 1.807) is 13.3 Å². The zero-order valence-corrected chi connectivity index (χ0v) is 9.40. The molecule has 0 spiro atoms. The van der Waals surface area contributed by atoms with Gasteiger partial charge in [0.25, 0.3) is 0 Å². The van der Waals surface area contributed by atoms with Crippen LogP contribution in [0.3, 0.4) is 0 Å². The standard InChI is InChI=1S/C11H18N2O2/c1-3-7-13-8-6-12-11(13)10(14)5-4-9-15-2/h6,8H,3-5,7,9H2,1-2H3. The lowest BCUT2D eigenvalue weighted by molar-refractivity contribution is 0.0949. The summed E-state index contributed by atoms with van der Waals surface area (Å²) in [5, 5.41) is 0. The van der Waals surface area contributed by atoms with Crippen molar-refractivity contribution in [1.82, 2.24) is 9.55 Å². The number of ketones is 1. The zero-order valence-electron chi connectivity index (χ0n) is 9.40. The van der Waals surface area contributed by atoms with E-state index in [1.165, 1.54) is 0 Å². The fourth-order valence-corrected chi connectivity index (χ4v) is 1.47. The highest BCUT2D eigenvalue weighted by molar-refractivity contribution is 5.92. The summed E-state index contributed by atoms with van der Waals surface area (Å²) in [6.45, 7) is 3.56. The monoisotopic (exact) mass is 210 g/mol. The molecule has 0 aliphatic carbocycles. The third-order valence-corrected chi connectivity index (χ3v) is 2.18.